The maximum atomic E-state index is 5.32. The van der Waals surface area contributed by atoms with E-state index in [9.17, 15) is 0 Å². The molecule has 0 fully saturated rings. The highest BCUT2D eigenvalue weighted by Crippen LogP contribution is 2.21. The van der Waals surface area contributed by atoms with Crippen molar-refractivity contribution in [3.05, 3.63) is 0 Å². The van der Waals surface area contributed by atoms with Crippen LogP contribution in [0.15, 0.2) is 5.10 Å². The Morgan fingerprint density at radius 3 is 3.13 bits per heavy atom. The van der Waals surface area contributed by atoms with Gasteiger partial charge in [0.25, 0.3) is 0 Å². The van der Waals surface area contributed by atoms with Gasteiger partial charge in [-0.3, -0.25) is 5.43 Å². The van der Waals surface area contributed by atoms with E-state index in [0.717, 1.165) is 5.88 Å². The van der Waals surface area contributed by atoms with Crippen molar-refractivity contribution in [3.8, 4) is 12.3 Å². The second-order valence-corrected chi connectivity index (χ2v) is 5.90. The number of hydrogen-bond acceptors (Lipinski definition) is 4. The zero-order chi connectivity index (χ0) is 10.9. The van der Waals surface area contributed by atoms with Crippen molar-refractivity contribution >= 4 is 27.9 Å². The Kier molecular flexibility index (Phi) is 6.78. The van der Waals surface area contributed by atoms with Crippen LogP contribution in [0.2, 0.25) is 0 Å². The fraction of sp³-hybridized carbons (Fsp3) is 0.727. The SMILES string of the molecule is C#CC(C)CCCCCSC1=NNCS1. The van der Waals surface area contributed by atoms with Gasteiger partial charge in [0.2, 0.25) is 0 Å². The second kappa shape index (κ2) is 7.95. The van der Waals surface area contributed by atoms with E-state index < -0.39 is 0 Å². The third-order valence-electron chi connectivity index (χ3n) is 2.22. The van der Waals surface area contributed by atoms with Crippen molar-refractivity contribution in [2.45, 2.75) is 32.6 Å². The van der Waals surface area contributed by atoms with Crippen molar-refractivity contribution < 1.29 is 0 Å². The van der Waals surface area contributed by atoms with Crippen LogP contribution >= 0.6 is 23.5 Å². The van der Waals surface area contributed by atoms with Crippen LogP contribution in [-0.4, -0.2) is 16.0 Å². The number of nitrogens with zero attached hydrogens (tertiary/aromatic N) is 1. The molecule has 0 amide bonds. The van der Waals surface area contributed by atoms with Crippen LogP contribution in [0.1, 0.15) is 32.6 Å². The van der Waals surface area contributed by atoms with Gasteiger partial charge in [-0.05, 0) is 12.8 Å². The molecule has 1 N–H and O–H groups in total. The van der Waals surface area contributed by atoms with E-state index in [1.54, 1.807) is 11.8 Å². The summed E-state index contributed by atoms with van der Waals surface area (Å²) < 4.78 is 1.19. The molecule has 1 unspecified atom stereocenters. The molecule has 1 rings (SSSR count). The fourth-order valence-corrected chi connectivity index (χ4v) is 3.06. The molecule has 0 aliphatic carbocycles. The minimum absolute atomic E-state index is 0.441. The number of hydrogen-bond donors (Lipinski definition) is 1. The predicted octanol–water partition coefficient (Wildman–Crippen LogP) is 3.11. The maximum Gasteiger partial charge on any atom is 0.151 e. The first-order chi connectivity index (χ1) is 7.33. The third kappa shape index (κ3) is 6.01. The number of nitrogens with one attached hydrogen (secondary N) is 1. The molecule has 84 valence electrons. The van der Waals surface area contributed by atoms with Crippen molar-refractivity contribution in [2.24, 2.45) is 11.0 Å². The third-order valence-corrected chi connectivity index (χ3v) is 4.37. The first kappa shape index (κ1) is 12.8. The number of thioether (sulfide) groups is 2. The molecule has 15 heavy (non-hydrogen) atoms. The summed E-state index contributed by atoms with van der Waals surface area (Å²) in [6.07, 6.45) is 10.3. The van der Waals surface area contributed by atoms with Gasteiger partial charge in [-0.15, -0.1) is 12.3 Å². The molecule has 4 heteroatoms. The molecular weight excluding hydrogens is 224 g/mol. The summed E-state index contributed by atoms with van der Waals surface area (Å²) in [5, 5.41) is 4.16. The van der Waals surface area contributed by atoms with Crippen LogP contribution in [0.5, 0.6) is 0 Å². The van der Waals surface area contributed by atoms with E-state index in [2.05, 4.69) is 23.4 Å². The summed E-state index contributed by atoms with van der Waals surface area (Å²) in [4.78, 5) is 0. The van der Waals surface area contributed by atoms with Gasteiger partial charge in [-0.2, -0.15) is 5.10 Å². The average Bonchev–Trinajstić information content (AvgIpc) is 2.75. The quantitative estimate of drug-likeness (QED) is 0.572. The smallest absolute Gasteiger partial charge is 0.151 e. The molecule has 0 bridgehead atoms. The first-order valence-electron chi connectivity index (χ1n) is 5.35. The fourth-order valence-electron chi connectivity index (χ4n) is 1.27. The predicted molar refractivity (Wildman–Crippen MR) is 72.0 cm³/mol. The summed E-state index contributed by atoms with van der Waals surface area (Å²) in [5.41, 5.74) is 2.95. The van der Waals surface area contributed by atoms with Crippen LogP contribution < -0.4 is 5.43 Å². The normalized spacial score (nSPS) is 16.7. The summed E-state index contributed by atoms with van der Waals surface area (Å²) >= 11 is 3.65. The highest BCUT2D eigenvalue weighted by molar-refractivity contribution is 8.39. The van der Waals surface area contributed by atoms with E-state index >= 15 is 0 Å². The van der Waals surface area contributed by atoms with Crippen molar-refractivity contribution in [1.82, 2.24) is 5.43 Å². The van der Waals surface area contributed by atoms with Crippen molar-refractivity contribution in [3.63, 3.8) is 0 Å². The van der Waals surface area contributed by atoms with Gasteiger partial charge in [0, 0.05) is 11.7 Å². The van der Waals surface area contributed by atoms with Crippen LogP contribution in [0.4, 0.5) is 0 Å². The van der Waals surface area contributed by atoms with E-state index in [1.165, 1.54) is 35.8 Å². The highest BCUT2D eigenvalue weighted by atomic mass is 32.2. The molecule has 1 heterocycles. The Morgan fingerprint density at radius 1 is 1.60 bits per heavy atom. The van der Waals surface area contributed by atoms with E-state index in [1.807, 2.05) is 11.8 Å². The lowest BCUT2D eigenvalue weighted by atomic mass is 10.0. The number of unbranched alkanes of at least 4 members (excludes halogenated alkanes) is 2. The Labute approximate surface area is 101 Å². The average molecular weight is 242 g/mol. The van der Waals surface area contributed by atoms with E-state index in [4.69, 9.17) is 6.42 Å². The highest BCUT2D eigenvalue weighted by Gasteiger charge is 2.06. The van der Waals surface area contributed by atoms with E-state index in [0.29, 0.717) is 5.92 Å². The maximum absolute atomic E-state index is 5.32. The summed E-state index contributed by atoms with van der Waals surface area (Å²) in [6.45, 7) is 2.12. The first-order valence-corrected chi connectivity index (χ1v) is 7.32. The molecule has 0 saturated carbocycles. The molecule has 0 aromatic heterocycles. The lowest BCUT2D eigenvalue weighted by molar-refractivity contribution is 0.591. The summed E-state index contributed by atoms with van der Waals surface area (Å²) in [5.74, 6) is 5.32. The summed E-state index contributed by atoms with van der Waals surface area (Å²) in [6, 6.07) is 0. The van der Waals surface area contributed by atoms with Gasteiger partial charge >= 0.3 is 0 Å². The minimum atomic E-state index is 0.441. The Bertz CT molecular complexity index is 245. The lowest BCUT2D eigenvalue weighted by Crippen LogP contribution is -1.93. The van der Waals surface area contributed by atoms with Gasteiger partial charge in [0.15, 0.2) is 4.38 Å². The molecule has 2 nitrogen and oxygen atoms in total. The standard InChI is InChI=1S/C11H18N2S2/c1-3-10(2)7-5-4-6-8-14-11-13-12-9-15-11/h1,10,12H,4-9H2,2H3. The minimum Gasteiger partial charge on any atom is -0.298 e. The Morgan fingerprint density at radius 2 is 2.47 bits per heavy atom. The molecule has 1 aliphatic heterocycles. The molecule has 0 spiro atoms. The van der Waals surface area contributed by atoms with Crippen LogP contribution in [0.25, 0.3) is 0 Å². The topological polar surface area (TPSA) is 24.4 Å². The zero-order valence-corrected chi connectivity index (χ0v) is 10.8. The molecule has 0 saturated heterocycles. The van der Waals surface area contributed by atoms with Gasteiger partial charge < -0.3 is 0 Å². The van der Waals surface area contributed by atoms with E-state index in [-0.39, 0.29) is 0 Å². The van der Waals surface area contributed by atoms with Gasteiger partial charge in [-0.25, -0.2) is 0 Å². The van der Waals surface area contributed by atoms with Crippen LogP contribution in [-0.2, 0) is 0 Å². The van der Waals surface area contributed by atoms with Crippen LogP contribution in [0, 0.1) is 18.3 Å². The Balaban J connectivity index is 1.87. The summed E-state index contributed by atoms with van der Waals surface area (Å²) in [7, 11) is 0. The molecule has 0 radical (unpaired) electrons. The molecular formula is C11H18N2S2. The number of hydrazone groups is 1. The van der Waals surface area contributed by atoms with Gasteiger partial charge in [-0.1, -0.05) is 43.3 Å². The number of terminal acetylenes is 1. The molecule has 1 aliphatic rings. The molecule has 0 aromatic rings. The van der Waals surface area contributed by atoms with Gasteiger partial charge in [0.1, 0.15) is 0 Å². The number of rotatable bonds is 6. The Hall–Kier alpha value is -0.270. The lowest BCUT2D eigenvalue weighted by Gasteiger charge is -2.03. The van der Waals surface area contributed by atoms with Crippen molar-refractivity contribution in [1.29, 1.82) is 0 Å². The van der Waals surface area contributed by atoms with Gasteiger partial charge in [0.05, 0.1) is 5.88 Å². The second-order valence-electron chi connectivity index (χ2n) is 3.59. The molecule has 1 atom stereocenters. The molecule has 0 aromatic carbocycles. The zero-order valence-electron chi connectivity index (χ0n) is 9.16. The van der Waals surface area contributed by atoms with Crippen molar-refractivity contribution in [2.75, 3.05) is 11.6 Å². The largest absolute Gasteiger partial charge is 0.298 e. The monoisotopic (exact) mass is 242 g/mol. The van der Waals surface area contributed by atoms with Crippen LogP contribution in [0.3, 0.4) is 0 Å².